The summed E-state index contributed by atoms with van der Waals surface area (Å²) in [5, 5.41) is 2.71. The van der Waals surface area contributed by atoms with Gasteiger partial charge in [0.25, 0.3) is 0 Å². The Labute approximate surface area is 86.3 Å². The molecule has 0 N–H and O–H groups in total. The highest BCUT2D eigenvalue weighted by molar-refractivity contribution is 7.09. The highest BCUT2D eigenvalue weighted by Gasteiger charge is 2.08. The van der Waals surface area contributed by atoms with Crippen LogP contribution in [0.5, 0.6) is 0 Å². The van der Waals surface area contributed by atoms with Crippen LogP contribution in [-0.2, 0) is 17.1 Å². The van der Waals surface area contributed by atoms with Crippen molar-refractivity contribution in [2.24, 2.45) is 0 Å². The Morgan fingerprint density at radius 2 is 2.38 bits per heavy atom. The van der Waals surface area contributed by atoms with Crippen molar-refractivity contribution >= 4 is 28.8 Å². The minimum absolute atomic E-state index is 0.0653. The van der Waals surface area contributed by atoms with Crippen molar-refractivity contribution in [2.75, 3.05) is 14.1 Å². The van der Waals surface area contributed by atoms with Crippen molar-refractivity contribution < 1.29 is 4.79 Å². The van der Waals surface area contributed by atoms with Gasteiger partial charge < -0.3 is 4.90 Å². The van der Waals surface area contributed by atoms with E-state index < -0.39 is 0 Å². The van der Waals surface area contributed by atoms with Crippen LogP contribution in [0.3, 0.4) is 0 Å². The van der Waals surface area contributed by atoms with Crippen LogP contribution in [0.1, 0.15) is 10.7 Å². The molecule has 3 nitrogen and oxygen atoms in total. The molecule has 1 amide bonds. The fourth-order valence-corrected chi connectivity index (χ4v) is 1.79. The molecule has 0 radical (unpaired) electrons. The minimum Gasteiger partial charge on any atom is -0.348 e. The van der Waals surface area contributed by atoms with Gasteiger partial charge in [-0.15, -0.1) is 22.9 Å². The highest BCUT2D eigenvalue weighted by Crippen LogP contribution is 2.12. The molecule has 5 heteroatoms. The predicted octanol–water partition coefficient (Wildman–Crippen LogP) is 1.51. The number of hydrogen-bond acceptors (Lipinski definition) is 3. The Balaban J connectivity index is 2.59. The molecule has 1 heterocycles. The molecule has 1 aromatic heterocycles. The lowest BCUT2D eigenvalue weighted by atomic mass is 10.4. The van der Waals surface area contributed by atoms with E-state index in [0.29, 0.717) is 12.3 Å². The molecular weight excluding hydrogens is 208 g/mol. The number of carbonyl (C=O) groups is 1. The van der Waals surface area contributed by atoms with Crippen molar-refractivity contribution in [3.63, 3.8) is 0 Å². The predicted molar refractivity (Wildman–Crippen MR) is 54.1 cm³/mol. The number of carbonyl (C=O) groups excluding carboxylic acids is 1. The lowest BCUT2D eigenvalue weighted by Crippen LogP contribution is -2.23. The Morgan fingerprint density at radius 1 is 1.69 bits per heavy atom. The summed E-state index contributed by atoms with van der Waals surface area (Å²) in [6.45, 7) is 0. The molecule has 0 fully saturated rings. The number of halogens is 1. The average molecular weight is 219 g/mol. The van der Waals surface area contributed by atoms with Crippen LogP contribution in [0.15, 0.2) is 5.38 Å². The minimum atomic E-state index is 0.0653. The van der Waals surface area contributed by atoms with E-state index in [1.165, 1.54) is 11.3 Å². The van der Waals surface area contributed by atoms with Gasteiger partial charge in [-0.3, -0.25) is 4.79 Å². The second-order valence-electron chi connectivity index (χ2n) is 2.83. The molecule has 0 saturated heterocycles. The van der Waals surface area contributed by atoms with Crippen LogP contribution in [0, 0.1) is 0 Å². The highest BCUT2D eigenvalue weighted by atomic mass is 35.5. The molecule has 72 valence electrons. The molecule has 0 unspecified atom stereocenters. The van der Waals surface area contributed by atoms with Crippen LogP contribution in [0.4, 0.5) is 0 Å². The molecule has 13 heavy (non-hydrogen) atoms. The van der Waals surface area contributed by atoms with Gasteiger partial charge in [-0.25, -0.2) is 4.98 Å². The molecular formula is C8H11ClN2OS. The Kier molecular flexibility index (Phi) is 3.69. The van der Waals surface area contributed by atoms with Crippen LogP contribution in [0.25, 0.3) is 0 Å². The fourth-order valence-electron chi connectivity index (χ4n) is 0.779. The zero-order valence-electron chi connectivity index (χ0n) is 7.58. The Bertz CT molecular complexity index is 298. The Morgan fingerprint density at radius 3 is 2.85 bits per heavy atom. The second-order valence-corrected chi connectivity index (χ2v) is 4.04. The van der Waals surface area contributed by atoms with Crippen molar-refractivity contribution in [1.82, 2.24) is 9.88 Å². The maximum atomic E-state index is 11.3. The summed E-state index contributed by atoms with van der Waals surface area (Å²) >= 11 is 7.06. The lowest BCUT2D eigenvalue weighted by Gasteiger charge is -2.07. The topological polar surface area (TPSA) is 33.2 Å². The number of hydrogen-bond donors (Lipinski definition) is 0. The molecule has 0 atom stereocenters. The third-order valence-corrected chi connectivity index (χ3v) is 2.71. The number of thiazole rings is 1. The molecule has 1 rings (SSSR count). The molecule has 0 bridgehead atoms. The van der Waals surface area contributed by atoms with Gasteiger partial charge >= 0.3 is 0 Å². The van der Waals surface area contributed by atoms with Crippen molar-refractivity contribution in [3.05, 3.63) is 16.1 Å². The lowest BCUT2D eigenvalue weighted by molar-refractivity contribution is -0.127. The first kappa shape index (κ1) is 10.5. The normalized spacial score (nSPS) is 10.1. The number of alkyl halides is 1. The monoisotopic (exact) mass is 218 g/mol. The van der Waals surface area contributed by atoms with E-state index in [0.717, 1.165) is 10.7 Å². The maximum Gasteiger partial charge on any atom is 0.228 e. The Hall–Kier alpha value is -0.610. The molecule has 1 aromatic rings. The molecule has 0 aliphatic carbocycles. The number of rotatable bonds is 3. The van der Waals surface area contributed by atoms with Crippen molar-refractivity contribution in [2.45, 2.75) is 12.3 Å². The largest absolute Gasteiger partial charge is 0.348 e. The molecule has 0 saturated carbocycles. The summed E-state index contributed by atoms with van der Waals surface area (Å²) in [5.74, 6) is 0.475. The first-order chi connectivity index (χ1) is 6.13. The SMILES string of the molecule is CN(C)C(=O)Cc1nc(CCl)cs1. The van der Waals surface area contributed by atoms with E-state index in [-0.39, 0.29) is 5.91 Å². The third kappa shape index (κ3) is 2.97. The first-order valence-corrected chi connectivity index (χ1v) is 5.24. The van der Waals surface area contributed by atoms with Gasteiger partial charge in [0.1, 0.15) is 5.01 Å². The average Bonchev–Trinajstić information content (AvgIpc) is 2.52. The van der Waals surface area contributed by atoms with Gasteiger partial charge in [0.05, 0.1) is 18.0 Å². The van der Waals surface area contributed by atoms with E-state index in [9.17, 15) is 4.79 Å². The zero-order valence-corrected chi connectivity index (χ0v) is 9.15. The maximum absolute atomic E-state index is 11.3. The van der Waals surface area contributed by atoms with Crippen LogP contribution in [0.2, 0.25) is 0 Å². The van der Waals surface area contributed by atoms with Gasteiger partial charge in [-0.05, 0) is 0 Å². The first-order valence-electron chi connectivity index (χ1n) is 3.83. The second kappa shape index (κ2) is 4.58. The number of amides is 1. The van der Waals surface area contributed by atoms with Crippen molar-refractivity contribution in [3.8, 4) is 0 Å². The summed E-state index contributed by atoms with van der Waals surface area (Å²) in [7, 11) is 3.47. The summed E-state index contributed by atoms with van der Waals surface area (Å²) in [6, 6.07) is 0. The quantitative estimate of drug-likeness (QED) is 0.721. The summed E-state index contributed by atoms with van der Waals surface area (Å²) in [5.41, 5.74) is 0.841. The molecule has 0 aliphatic heterocycles. The van der Waals surface area contributed by atoms with E-state index in [2.05, 4.69) is 4.98 Å². The zero-order chi connectivity index (χ0) is 9.84. The van der Waals surface area contributed by atoms with Crippen molar-refractivity contribution in [1.29, 1.82) is 0 Å². The summed E-state index contributed by atoms with van der Waals surface area (Å²) in [6.07, 6.45) is 0.370. The third-order valence-electron chi connectivity index (χ3n) is 1.54. The van der Waals surface area contributed by atoms with Crippen LogP contribution >= 0.6 is 22.9 Å². The van der Waals surface area contributed by atoms with Gasteiger partial charge in [0, 0.05) is 19.5 Å². The number of likely N-dealkylation sites (N-methyl/N-ethyl adjacent to an activating group) is 1. The van der Waals surface area contributed by atoms with Gasteiger partial charge in [-0.1, -0.05) is 0 Å². The van der Waals surface area contributed by atoms with Gasteiger partial charge in [-0.2, -0.15) is 0 Å². The van der Waals surface area contributed by atoms with Gasteiger partial charge in [0.15, 0.2) is 0 Å². The van der Waals surface area contributed by atoms with E-state index in [1.807, 2.05) is 5.38 Å². The smallest absolute Gasteiger partial charge is 0.228 e. The summed E-state index contributed by atoms with van der Waals surface area (Å²) < 4.78 is 0. The van der Waals surface area contributed by atoms with Gasteiger partial charge in [0.2, 0.25) is 5.91 Å². The standard InChI is InChI=1S/C8H11ClN2OS/c1-11(2)8(12)3-7-10-6(4-9)5-13-7/h5H,3-4H2,1-2H3. The van der Waals surface area contributed by atoms with Crippen LogP contribution in [-0.4, -0.2) is 29.9 Å². The molecule has 0 aliphatic rings. The van der Waals surface area contributed by atoms with Crippen LogP contribution < -0.4 is 0 Å². The fraction of sp³-hybridized carbons (Fsp3) is 0.500. The van der Waals surface area contributed by atoms with E-state index in [1.54, 1.807) is 19.0 Å². The molecule has 0 spiro atoms. The van der Waals surface area contributed by atoms with E-state index in [4.69, 9.17) is 11.6 Å². The summed E-state index contributed by atoms with van der Waals surface area (Å²) in [4.78, 5) is 17.0. The molecule has 0 aromatic carbocycles. The number of aromatic nitrogens is 1. The van der Waals surface area contributed by atoms with E-state index >= 15 is 0 Å². The number of nitrogens with zero attached hydrogens (tertiary/aromatic N) is 2.